The third-order valence-electron chi connectivity index (χ3n) is 4.06. The summed E-state index contributed by atoms with van der Waals surface area (Å²) < 4.78 is 92.5. The minimum atomic E-state index is -5.91. The fourth-order valence-electron chi connectivity index (χ4n) is 2.77. The van der Waals surface area contributed by atoms with Gasteiger partial charge in [0.15, 0.2) is 6.23 Å². The van der Waals surface area contributed by atoms with E-state index in [0.29, 0.717) is 0 Å². The number of nitrogens with zero attached hydrogens (tertiary/aromatic N) is 1. The second-order valence-electron chi connectivity index (χ2n) is 6.50. The maximum Gasteiger partial charge on any atom is 0.490 e. The van der Waals surface area contributed by atoms with Crippen molar-refractivity contribution in [2.45, 2.75) is 37.1 Å². The lowest BCUT2D eigenvalue weighted by atomic mass is 9.95. The molecule has 0 amide bonds. The monoisotopic (exact) mass is 550 g/mol. The number of hydrogen-bond acceptors (Lipinski definition) is 10. The van der Waals surface area contributed by atoms with Crippen LogP contribution in [0.15, 0.2) is 15.8 Å². The van der Waals surface area contributed by atoms with Crippen LogP contribution in [0.3, 0.4) is 0 Å². The second kappa shape index (κ2) is 9.45. The smallest absolute Gasteiger partial charge is 0.387 e. The Hall–Kier alpha value is -1.20. The van der Waals surface area contributed by atoms with Gasteiger partial charge in [0.05, 0.1) is 12.3 Å². The minimum Gasteiger partial charge on any atom is -0.387 e. The molecular weight excluding hydrogens is 534 g/mol. The Morgan fingerprint density at radius 1 is 1.21 bits per heavy atom. The van der Waals surface area contributed by atoms with Crippen LogP contribution in [-0.2, 0) is 31.6 Å². The van der Waals surface area contributed by atoms with Crippen molar-refractivity contribution in [3.8, 4) is 0 Å². The molecule has 190 valence electrons. The minimum absolute atomic E-state index is 0.0527. The number of aliphatic hydroxyl groups is 1. The average molecular weight is 550 g/mol. The summed E-state index contributed by atoms with van der Waals surface area (Å²) in [6.07, 6.45) is -8.99. The number of phosphoric ester groups is 1. The Balaban J connectivity index is 2.30. The van der Waals surface area contributed by atoms with E-state index in [1.807, 2.05) is 0 Å². The number of halogens is 3. The Bertz CT molecular complexity index is 1150. The first-order valence-electron chi connectivity index (χ1n) is 8.23. The van der Waals surface area contributed by atoms with Crippen LogP contribution in [0.2, 0.25) is 0 Å². The molecule has 1 fully saturated rings. The lowest BCUT2D eigenvalue weighted by molar-refractivity contribution is -0.0859. The zero-order valence-electron chi connectivity index (χ0n) is 15.9. The van der Waals surface area contributed by atoms with Crippen molar-refractivity contribution < 1.29 is 69.4 Å². The molecule has 0 aliphatic carbocycles. The third-order valence-corrected chi connectivity index (χ3v) is 7.99. The molecule has 0 spiro atoms. The molecule has 3 unspecified atom stereocenters. The molecule has 0 saturated carbocycles. The summed E-state index contributed by atoms with van der Waals surface area (Å²) in [6, 6.07) is 0. The third kappa shape index (κ3) is 6.48. The van der Waals surface area contributed by atoms with Gasteiger partial charge in [-0.2, -0.15) is 13.0 Å². The van der Waals surface area contributed by atoms with Crippen LogP contribution in [0.4, 0.5) is 13.2 Å². The number of aliphatic hydroxyl groups excluding tert-OH is 1. The quantitative estimate of drug-likeness (QED) is 0.209. The van der Waals surface area contributed by atoms with E-state index in [-0.39, 0.29) is 10.8 Å². The summed E-state index contributed by atoms with van der Waals surface area (Å²) in [5.74, 6) is -1.61. The Morgan fingerprint density at radius 2 is 1.79 bits per heavy atom. The van der Waals surface area contributed by atoms with Crippen molar-refractivity contribution in [3.63, 3.8) is 0 Å². The van der Waals surface area contributed by atoms with Crippen LogP contribution >= 0.6 is 23.5 Å². The van der Waals surface area contributed by atoms with Gasteiger partial charge < -0.3 is 29.4 Å². The number of aromatic amines is 1. The molecule has 1 aromatic heterocycles. The van der Waals surface area contributed by atoms with Crippen molar-refractivity contribution in [1.29, 1.82) is 0 Å². The van der Waals surface area contributed by atoms with Crippen molar-refractivity contribution in [1.82, 2.24) is 9.55 Å². The van der Waals surface area contributed by atoms with Crippen molar-refractivity contribution in [2.75, 3.05) is 6.67 Å². The molecule has 0 bridgehead atoms. The summed E-state index contributed by atoms with van der Waals surface area (Å²) in [5.41, 5.74) is -6.47. The van der Waals surface area contributed by atoms with Crippen molar-refractivity contribution >= 4 is 23.5 Å². The fraction of sp³-hybridized carbons (Fsp3) is 0.636. The van der Waals surface area contributed by atoms with E-state index in [0.717, 1.165) is 6.92 Å². The first kappa shape index (κ1) is 28.0. The van der Waals surface area contributed by atoms with Crippen LogP contribution in [0.1, 0.15) is 13.2 Å². The van der Waals surface area contributed by atoms with Gasteiger partial charge in [-0.15, -0.1) is 0 Å². The van der Waals surface area contributed by atoms with E-state index in [4.69, 9.17) is 19.4 Å². The molecule has 2 heterocycles. The molecular formula is C11H16F3N2O14P3. The van der Waals surface area contributed by atoms with E-state index >= 15 is 4.39 Å². The van der Waals surface area contributed by atoms with E-state index in [1.54, 1.807) is 0 Å². The SMILES string of the molecule is C[C@H](OP(=O)(O)OP(=O)(O)OP(=O)(O)O)[C@H]1O[C@@H](n2cc(F)c(=O)[nH]c2=O)C(F)(CF)[C@H]1O. The zero-order chi connectivity index (χ0) is 25.6. The van der Waals surface area contributed by atoms with Gasteiger partial charge in [-0.1, -0.05) is 0 Å². The number of rotatable bonds is 9. The van der Waals surface area contributed by atoms with Gasteiger partial charge in [-0.3, -0.25) is 18.9 Å². The van der Waals surface area contributed by atoms with E-state index in [1.165, 1.54) is 4.98 Å². The van der Waals surface area contributed by atoms with Gasteiger partial charge in [-0.05, 0) is 6.92 Å². The van der Waals surface area contributed by atoms with Gasteiger partial charge in [0.2, 0.25) is 11.5 Å². The van der Waals surface area contributed by atoms with Crippen LogP contribution in [0, 0.1) is 5.82 Å². The summed E-state index contributed by atoms with van der Waals surface area (Å²) in [6.45, 7) is -1.27. The number of aromatic nitrogens is 2. The molecule has 1 saturated heterocycles. The highest BCUT2D eigenvalue weighted by Gasteiger charge is 2.61. The number of phosphoric acid groups is 3. The van der Waals surface area contributed by atoms with E-state index < -0.39 is 77.4 Å². The first-order chi connectivity index (χ1) is 14.8. The summed E-state index contributed by atoms with van der Waals surface area (Å²) in [5, 5.41) is 10.2. The normalized spacial score (nSPS) is 30.5. The Morgan fingerprint density at radius 3 is 2.30 bits per heavy atom. The highest BCUT2D eigenvalue weighted by atomic mass is 31.3. The Kier molecular flexibility index (Phi) is 8.03. The van der Waals surface area contributed by atoms with Crippen molar-refractivity contribution in [3.05, 3.63) is 32.9 Å². The molecule has 33 heavy (non-hydrogen) atoms. The molecule has 22 heteroatoms. The zero-order valence-corrected chi connectivity index (χ0v) is 18.6. The van der Waals surface area contributed by atoms with Crippen LogP contribution in [-0.4, -0.2) is 64.9 Å². The predicted octanol–water partition coefficient (Wildman–Crippen LogP) is -0.656. The lowest BCUT2D eigenvalue weighted by Crippen LogP contribution is -2.48. The van der Waals surface area contributed by atoms with Gasteiger partial charge >= 0.3 is 29.2 Å². The second-order valence-corrected chi connectivity index (χ2v) is 10.9. The molecule has 6 N–H and O–H groups in total. The number of hydrogen-bond donors (Lipinski definition) is 6. The number of ether oxygens (including phenoxy) is 1. The molecule has 1 aromatic rings. The Labute approximate surface area is 180 Å². The number of nitrogens with one attached hydrogen (secondary N) is 1. The predicted molar refractivity (Wildman–Crippen MR) is 95.4 cm³/mol. The van der Waals surface area contributed by atoms with Crippen LogP contribution in [0.5, 0.6) is 0 Å². The highest BCUT2D eigenvalue weighted by molar-refractivity contribution is 7.66. The average Bonchev–Trinajstić information content (AvgIpc) is 2.87. The summed E-state index contributed by atoms with van der Waals surface area (Å²) in [7, 11) is -17.4. The molecule has 2 rings (SSSR count). The molecule has 1 aliphatic rings. The van der Waals surface area contributed by atoms with Crippen LogP contribution in [0.25, 0.3) is 0 Å². The van der Waals surface area contributed by atoms with Crippen LogP contribution < -0.4 is 11.2 Å². The largest absolute Gasteiger partial charge is 0.490 e. The van der Waals surface area contributed by atoms with E-state index in [2.05, 4.69) is 13.1 Å². The number of H-pyrrole nitrogens is 1. The fourth-order valence-corrected chi connectivity index (χ4v) is 5.97. The molecule has 0 aromatic carbocycles. The first-order valence-corrected chi connectivity index (χ1v) is 12.8. The van der Waals surface area contributed by atoms with Crippen molar-refractivity contribution in [2.24, 2.45) is 0 Å². The molecule has 1 aliphatic heterocycles. The van der Waals surface area contributed by atoms with Gasteiger partial charge in [0, 0.05) is 0 Å². The molecule has 7 atom stereocenters. The molecule has 0 radical (unpaired) electrons. The standard InChI is InChI=1S/C11H16F3N2O14P3/c1-4(28-32(23,24)30-33(25,26)29-31(20,21)22)6-7(17)11(14,3-12)9(27-6)16-2-5(13)8(18)15-10(16)19/h2,4,6-7,9,17H,3H2,1H3,(H,23,24)(H,25,26)(H,15,18,19)(H2,20,21,22)/t4-,6+,7-,9+,11?/m0/s1. The van der Waals surface area contributed by atoms with E-state index in [9.17, 15) is 42.1 Å². The van der Waals surface area contributed by atoms with Gasteiger partial charge in [0.25, 0.3) is 5.56 Å². The van der Waals surface area contributed by atoms with Gasteiger partial charge in [-0.25, -0.2) is 27.3 Å². The topological polar surface area (TPSA) is 244 Å². The lowest BCUT2D eigenvalue weighted by Gasteiger charge is -2.26. The number of alkyl halides is 2. The summed E-state index contributed by atoms with van der Waals surface area (Å²) in [4.78, 5) is 60.1. The maximum absolute atomic E-state index is 15.2. The van der Waals surface area contributed by atoms with Gasteiger partial charge in [0.1, 0.15) is 18.9 Å². The summed E-state index contributed by atoms with van der Waals surface area (Å²) >= 11 is 0. The highest BCUT2D eigenvalue weighted by Crippen LogP contribution is 2.66. The maximum atomic E-state index is 15.2. The molecule has 16 nitrogen and oxygen atoms in total.